The van der Waals surface area contributed by atoms with E-state index in [1.54, 1.807) is 0 Å². The lowest BCUT2D eigenvalue weighted by Gasteiger charge is -2.09. The summed E-state index contributed by atoms with van der Waals surface area (Å²) < 4.78 is 0. The number of hydrogen-bond donors (Lipinski definition) is 1. The van der Waals surface area contributed by atoms with Crippen LogP contribution in [0.2, 0.25) is 0 Å². The van der Waals surface area contributed by atoms with E-state index in [1.807, 2.05) is 11.8 Å². The van der Waals surface area contributed by atoms with E-state index in [4.69, 9.17) is 0 Å². The highest BCUT2D eigenvalue weighted by Gasteiger charge is 2.13. The van der Waals surface area contributed by atoms with E-state index >= 15 is 0 Å². The van der Waals surface area contributed by atoms with E-state index in [9.17, 15) is 0 Å². The zero-order valence-corrected chi connectivity index (χ0v) is 8.96. The van der Waals surface area contributed by atoms with Crippen LogP contribution in [-0.2, 0) is 0 Å². The van der Waals surface area contributed by atoms with E-state index in [-0.39, 0.29) is 0 Å². The molecule has 2 heteroatoms. The van der Waals surface area contributed by atoms with Crippen LogP contribution < -0.4 is 5.32 Å². The monoisotopic (exact) mass is 187 g/mol. The fourth-order valence-electron chi connectivity index (χ4n) is 1.81. The molecule has 0 aromatic heterocycles. The summed E-state index contributed by atoms with van der Waals surface area (Å²) in [4.78, 5) is 0. The molecule has 0 radical (unpaired) electrons. The van der Waals surface area contributed by atoms with Crippen LogP contribution in [0.3, 0.4) is 0 Å². The van der Waals surface area contributed by atoms with E-state index in [0.29, 0.717) is 0 Å². The van der Waals surface area contributed by atoms with Crippen molar-refractivity contribution in [1.29, 1.82) is 0 Å². The second-order valence-corrected chi connectivity index (χ2v) is 4.95. The lowest BCUT2D eigenvalue weighted by atomic mass is 10.1. The van der Waals surface area contributed by atoms with Gasteiger partial charge in [0.2, 0.25) is 0 Å². The molecule has 1 N–H and O–H groups in total. The summed E-state index contributed by atoms with van der Waals surface area (Å²) in [6, 6.07) is 0. The molecule has 72 valence electrons. The van der Waals surface area contributed by atoms with Crippen molar-refractivity contribution in [2.75, 3.05) is 24.6 Å². The smallest absolute Gasteiger partial charge is 0.00580 e. The maximum Gasteiger partial charge on any atom is 0.00580 e. The summed E-state index contributed by atoms with van der Waals surface area (Å²) in [5, 5.41) is 3.54. The van der Waals surface area contributed by atoms with E-state index < -0.39 is 0 Å². The molecule has 1 aliphatic carbocycles. The van der Waals surface area contributed by atoms with Gasteiger partial charge in [0, 0.05) is 12.3 Å². The topological polar surface area (TPSA) is 12.0 Å². The Hall–Kier alpha value is 0.310. The molecule has 0 heterocycles. The first-order valence-electron chi connectivity index (χ1n) is 5.22. The van der Waals surface area contributed by atoms with Crippen LogP contribution >= 0.6 is 11.8 Å². The zero-order valence-electron chi connectivity index (χ0n) is 8.14. The summed E-state index contributed by atoms with van der Waals surface area (Å²) in [5.74, 6) is 3.53. The predicted octanol–water partition coefficient (Wildman–Crippen LogP) is 2.52. The van der Waals surface area contributed by atoms with Gasteiger partial charge in [-0.3, -0.25) is 0 Å². The Bertz CT molecular complexity index is 100. The van der Waals surface area contributed by atoms with Gasteiger partial charge in [-0.1, -0.05) is 19.8 Å². The molecule has 1 saturated carbocycles. The third-order valence-electron chi connectivity index (χ3n) is 2.54. The van der Waals surface area contributed by atoms with Gasteiger partial charge in [0.05, 0.1) is 0 Å². The summed E-state index contributed by atoms with van der Waals surface area (Å²) in [6.07, 6.45) is 5.87. The van der Waals surface area contributed by atoms with Crippen LogP contribution in [0, 0.1) is 5.92 Å². The third kappa shape index (κ3) is 4.36. The SMILES string of the molecule is CCSCCNCC1CCCC1. The van der Waals surface area contributed by atoms with Crippen molar-refractivity contribution in [2.24, 2.45) is 5.92 Å². The molecule has 0 bridgehead atoms. The van der Waals surface area contributed by atoms with E-state index in [1.165, 1.54) is 50.3 Å². The van der Waals surface area contributed by atoms with Crippen LogP contribution in [-0.4, -0.2) is 24.6 Å². The summed E-state index contributed by atoms with van der Waals surface area (Å²) in [5.41, 5.74) is 0. The minimum atomic E-state index is 0.997. The molecule has 0 aromatic rings. The molecule has 0 unspecified atom stereocenters. The fraction of sp³-hybridized carbons (Fsp3) is 1.00. The Morgan fingerprint density at radius 2 is 2.08 bits per heavy atom. The molecular weight excluding hydrogens is 166 g/mol. The molecule has 1 aliphatic rings. The summed E-state index contributed by atoms with van der Waals surface area (Å²) >= 11 is 2.03. The molecular formula is C10H21NS. The quantitative estimate of drug-likeness (QED) is 0.641. The van der Waals surface area contributed by atoms with Crippen molar-refractivity contribution < 1.29 is 0 Å². The molecule has 0 aromatic carbocycles. The molecule has 1 nitrogen and oxygen atoms in total. The first-order chi connectivity index (χ1) is 5.93. The predicted molar refractivity (Wildman–Crippen MR) is 57.8 cm³/mol. The van der Waals surface area contributed by atoms with Crippen molar-refractivity contribution in [3.05, 3.63) is 0 Å². The molecule has 0 saturated heterocycles. The number of hydrogen-bond acceptors (Lipinski definition) is 2. The second-order valence-electron chi connectivity index (χ2n) is 3.55. The van der Waals surface area contributed by atoms with Crippen molar-refractivity contribution in [3.63, 3.8) is 0 Å². The molecule has 1 fully saturated rings. The van der Waals surface area contributed by atoms with E-state index in [0.717, 1.165) is 5.92 Å². The van der Waals surface area contributed by atoms with Crippen molar-refractivity contribution in [3.8, 4) is 0 Å². The van der Waals surface area contributed by atoms with Crippen molar-refractivity contribution in [2.45, 2.75) is 32.6 Å². The molecule has 12 heavy (non-hydrogen) atoms. The zero-order chi connectivity index (χ0) is 8.65. The lowest BCUT2D eigenvalue weighted by Crippen LogP contribution is -2.23. The van der Waals surface area contributed by atoms with Gasteiger partial charge >= 0.3 is 0 Å². The number of rotatable bonds is 6. The van der Waals surface area contributed by atoms with Gasteiger partial charge in [-0.05, 0) is 31.1 Å². The highest BCUT2D eigenvalue weighted by molar-refractivity contribution is 7.99. The van der Waals surface area contributed by atoms with Gasteiger partial charge in [0.1, 0.15) is 0 Å². The summed E-state index contributed by atoms with van der Waals surface area (Å²) in [6.45, 7) is 4.70. The van der Waals surface area contributed by atoms with Gasteiger partial charge in [0.15, 0.2) is 0 Å². The second kappa shape index (κ2) is 6.79. The van der Waals surface area contributed by atoms with Crippen LogP contribution in [0.25, 0.3) is 0 Å². The minimum Gasteiger partial charge on any atom is -0.316 e. The van der Waals surface area contributed by atoms with Crippen LogP contribution in [0.1, 0.15) is 32.6 Å². The molecule has 1 rings (SSSR count). The average molecular weight is 187 g/mol. The van der Waals surface area contributed by atoms with Crippen LogP contribution in [0.5, 0.6) is 0 Å². The fourth-order valence-corrected chi connectivity index (χ4v) is 2.39. The van der Waals surface area contributed by atoms with Gasteiger partial charge in [-0.25, -0.2) is 0 Å². The molecule has 0 atom stereocenters. The molecule has 0 spiro atoms. The highest BCUT2D eigenvalue weighted by atomic mass is 32.2. The normalized spacial score (nSPS) is 18.8. The number of thioether (sulfide) groups is 1. The maximum absolute atomic E-state index is 3.54. The van der Waals surface area contributed by atoms with Crippen LogP contribution in [0.4, 0.5) is 0 Å². The minimum absolute atomic E-state index is 0.997. The van der Waals surface area contributed by atoms with E-state index in [2.05, 4.69) is 12.2 Å². The standard InChI is InChI=1S/C10H21NS/c1-2-12-8-7-11-9-10-5-3-4-6-10/h10-11H,2-9H2,1H3. The Kier molecular flexibility index (Phi) is 5.88. The Labute approximate surface area is 80.7 Å². The third-order valence-corrected chi connectivity index (χ3v) is 3.44. The lowest BCUT2D eigenvalue weighted by molar-refractivity contribution is 0.500. The number of nitrogens with one attached hydrogen (secondary N) is 1. The first-order valence-corrected chi connectivity index (χ1v) is 6.37. The van der Waals surface area contributed by atoms with Gasteiger partial charge in [0.25, 0.3) is 0 Å². The van der Waals surface area contributed by atoms with Crippen molar-refractivity contribution >= 4 is 11.8 Å². The van der Waals surface area contributed by atoms with Crippen LogP contribution in [0.15, 0.2) is 0 Å². The Balaban J connectivity index is 1.81. The molecule has 0 aliphatic heterocycles. The van der Waals surface area contributed by atoms with Gasteiger partial charge in [-0.15, -0.1) is 0 Å². The largest absolute Gasteiger partial charge is 0.316 e. The van der Waals surface area contributed by atoms with Gasteiger partial charge < -0.3 is 5.32 Å². The van der Waals surface area contributed by atoms with Crippen molar-refractivity contribution in [1.82, 2.24) is 5.32 Å². The maximum atomic E-state index is 3.54. The average Bonchev–Trinajstić information content (AvgIpc) is 2.57. The Morgan fingerprint density at radius 1 is 1.33 bits per heavy atom. The first kappa shape index (κ1) is 10.4. The van der Waals surface area contributed by atoms with Gasteiger partial charge in [-0.2, -0.15) is 11.8 Å². The Morgan fingerprint density at radius 3 is 2.75 bits per heavy atom. The molecule has 0 amide bonds. The highest BCUT2D eigenvalue weighted by Crippen LogP contribution is 2.23. The summed E-state index contributed by atoms with van der Waals surface area (Å²) in [7, 11) is 0.